The maximum atomic E-state index is 13.6. The maximum absolute atomic E-state index is 13.6. The topological polar surface area (TPSA) is 66.4 Å². The van der Waals surface area contributed by atoms with Crippen LogP contribution in [0.1, 0.15) is 15.9 Å². The van der Waals surface area contributed by atoms with E-state index in [1.165, 1.54) is 12.1 Å². The van der Waals surface area contributed by atoms with Crippen LogP contribution in [0.3, 0.4) is 0 Å². The molecule has 0 saturated carbocycles. The van der Waals surface area contributed by atoms with Gasteiger partial charge >= 0.3 is 5.97 Å². The van der Waals surface area contributed by atoms with E-state index in [1.807, 2.05) is 5.32 Å². The third-order valence-corrected chi connectivity index (χ3v) is 3.19. The van der Waals surface area contributed by atoms with Crippen LogP contribution in [0.2, 0.25) is 0 Å². The van der Waals surface area contributed by atoms with Crippen molar-refractivity contribution in [1.82, 2.24) is 5.32 Å². The smallest absolute Gasteiger partial charge is 0.326 e. The third-order valence-electron chi connectivity index (χ3n) is 3.19. The van der Waals surface area contributed by atoms with Gasteiger partial charge in [-0.15, -0.1) is 0 Å². The summed E-state index contributed by atoms with van der Waals surface area (Å²) in [7, 11) is 0. The number of carbonyl (C=O) groups excluding carboxylic acids is 1. The van der Waals surface area contributed by atoms with Crippen LogP contribution in [0.4, 0.5) is 17.6 Å². The predicted molar refractivity (Wildman–Crippen MR) is 75.3 cm³/mol. The first-order valence-corrected chi connectivity index (χ1v) is 6.70. The number of carboxylic acids is 1. The van der Waals surface area contributed by atoms with E-state index in [2.05, 4.69) is 0 Å². The molecule has 1 amide bonds. The van der Waals surface area contributed by atoms with E-state index in [4.69, 9.17) is 5.11 Å². The molecule has 0 saturated heterocycles. The molecule has 0 heterocycles. The Kier molecular flexibility index (Phi) is 5.18. The van der Waals surface area contributed by atoms with Crippen molar-refractivity contribution in [3.05, 3.63) is 70.8 Å². The maximum Gasteiger partial charge on any atom is 0.326 e. The summed E-state index contributed by atoms with van der Waals surface area (Å²) in [6.45, 7) is 0. The lowest BCUT2D eigenvalue weighted by Crippen LogP contribution is -2.43. The van der Waals surface area contributed by atoms with Gasteiger partial charge in [0, 0.05) is 18.6 Å². The molecule has 0 spiro atoms. The molecule has 0 fully saturated rings. The minimum Gasteiger partial charge on any atom is -0.480 e. The number of amides is 1. The minimum absolute atomic E-state index is 0.230. The van der Waals surface area contributed by atoms with Crippen LogP contribution in [-0.4, -0.2) is 23.0 Å². The highest BCUT2D eigenvalue weighted by atomic mass is 19.1. The van der Waals surface area contributed by atoms with Gasteiger partial charge in [0.05, 0.1) is 0 Å². The lowest BCUT2D eigenvalue weighted by atomic mass is 10.1. The molecule has 0 unspecified atom stereocenters. The van der Waals surface area contributed by atoms with Crippen molar-refractivity contribution in [2.75, 3.05) is 0 Å². The third kappa shape index (κ3) is 4.09. The van der Waals surface area contributed by atoms with Crippen molar-refractivity contribution in [2.24, 2.45) is 0 Å². The van der Waals surface area contributed by atoms with Gasteiger partial charge in [0.2, 0.25) is 0 Å². The van der Waals surface area contributed by atoms with Crippen molar-refractivity contribution in [3.63, 3.8) is 0 Å². The quantitative estimate of drug-likeness (QED) is 0.822. The zero-order chi connectivity index (χ0) is 17.9. The second-order valence-electron chi connectivity index (χ2n) is 4.94. The molecule has 0 radical (unpaired) electrons. The fraction of sp³-hybridized carbons (Fsp3) is 0.125. The van der Waals surface area contributed by atoms with Crippen LogP contribution >= 0.6 is 0 Å². The largest absolute Gasteiger partial charge is 0.480 e. The predicted octanol–water partition coefficient (Wildman–Crippen LogP) is 2.67. The zero-order valence-electron chi connectivity index (χ0n) is 12.0. The summed E-state index contributed by atoms with van der Waals surface area (Å²) in [6, 6.07) is 3.96. The van der Waals surface area contributed by atoms with E-state index in [0.717, 1.165) is 12.1 Å². The van der Waals surface area contributed by atoms with Gasteiger partial charge in [0.15, 0.2) is 0 Å². The first-order chi connectivity index (χ1) is 11.3. The van der Waals surface area contributed by atoms with E-state index in [1.54, 1.807) is 0 Å². The number of nitrogens with one attached hydrogen (secondary N) is 1. The Hall–Kier alpha value is -2.90. The molecule has 4 nitrogen and oxygen atoms in total. The number of hydrogen-bond acceptors (Lipinski definition) is 2. The lowest BCUT2D eigenvalue weighted by molar-refractivity contribution is -0.139. The number of halogens is 4. The van der Waals surface area contributed by atoms with Gasteiger partial charge < -0.3 is 10.4 Å². The number of aliphatic carboxylic acids is 1. The molecule has 2 rings (SSSR count). The first-order valence-electron chi connectivity index (χ1n) is 6.70. The molecule has 126 valence electrons. The molecule has 0 aromatic heterocycles. The molecule has 2 N–H and O–H groups in total. The van der Waals surface area contributed by atoms with E-state index in [-0.39, 0.29) is 6.42 Å². The molecule has 0 aliphatic heterocycles. The average Bonchev–Trinajstić information content (AvgIpc) is 2.47. The van der Waals surface area contributed by atoms with Crippen LogP contribution in [0, 0.1) is 23.3 Å². The Morgan fingerprint density at radius 3 is 2.00 bits per heavy atom. The summed E-state index contributed by atoms with van der Waals surface area (Å²) in [6.07, 6.45) is -0.230. The number of rotatable bonds is 5. The molecule has 8 heteroatoms. The Labute approximate surface area is 133 Å². The number of benzene rings is 2. The van der Waals surface area contributed by atoms with Crippen LogP contribution in [-0.2, 0) is 11.2 Å². The van der Waals surface area contributed by atoms with Crippen molar-refractivity contribution >= 4 is 11.9 Å². The Morgan fingerprint density at radius 2 is 1.50 bits per heavy atom. The van der Waals surface area contributed by atoms with Gasteiger partial charge in [-0.2, -0.15) is 0 Å². The highest BCUT2D eigenvalue weighted by Gasteiger charge is 2.25. The Bertz CT molecular complexity index is 754. The summed E-state index contributed by atoms with van der Waals surface area (Å²) in [5.74, 6) is -7.41. The summed E-state index contributed by atoms with van der Waals surface area (Å²) in [5, 5.41) is 11.1. The van der Waals surface area contributed by atoms with E-state index in [0.29, 0.717) is 17.7 Å². The molecule has 24 heavy (non-hydrogen) atoms. The number of hydrogen-bond donors (Lipinski definition) is 2. The number of carbonyl (C=O) groups is 2. The molecular formula is C16H11F4NO3. The van der Waals surface area contributed by atoms with E-state index < -0.39 is 46.8 Å². The van der Waals surface area contributed by atoms with Gasteiger partial charge in [-0.3, -0.25) is 4.79 Å². The van der Waals surface area contributed by atoms with Crippen molar-refractivity contribution in [3.8, 4) is 0 Å². The second kappa shape index (κ2) is 7.12. The van der Waals surface area contributed by atoms with Crippen LogP contribution in [0.5, 0.6) is 0 Å². The zero-order valence-corrected chi connectivity index (χ0v) is 12.0. The summed E-state index contributed by atoms with van der Waals surface area (Å²) < 4.78 is 52.8. The Morgan fingerprint density at radius 1 is 0.958 bits per heavy atom. The highest BCUT2D eigenvalue weighted by Crippen LogP contribution is 2.15. The fourth-order valence-electron chi connectivity index (χ4n) is 2.05. The van der Waals surface area contributed by atoms with Gasteiger partial charge in [-0.05, 0) is 17.7 Å². The van der Waals surface area contributed by atoms with Gasteiger partial charge in [0.25, 0.3) is 5.91 Å². The molecule has 0 bridgehead atoms. The van der Waals surface area contributed by atoms with Crippen molar-refractivity contribution in [2.45, 2.75) is 12.5 Å². The molecule has 2 aromatic carbocycles. The average molecular weight is 341 g/mol. The molecule has 2 aromatic rings. The lowest BCUT2D eigenvalue weighted by Gasteiger charge is -2.15. The standard InChI is InChI=1S/C16H11F4NO3/c17-9-3-1-8(2-4-9)5-13(16(23)24)21-15(22)14-11(19)6-10(18)7-12(14)20/h1-4,6-7,13H,5H2,(H,21,22)(H,23,24)/t13-/m0/s1. The summed E-state index contributed by atoms with van der Waals surface area (Å²) in [4.78, 5) is 23.1. The fourth-order valence-corrected chi connectivity index (χ4v) is 2.05. The monoisotopic (exact) mass is 341 g/mol. The normalized spacial score (nSPS) is 11.8. The number of carboxylic acid groups (broad SMARTS) is 1. The Balaban J connectivity index is 2.20. The van der Waals surface area contributed by atoms with Gasteiger partial charge in [-0.25, -0.2) is 22.4 Å². The summed E-state index contributed by atoms with van der Waals surface area (Å²) >= 11 is 0. The molecular weight excluding hydrogens is 330 g/mol. The van der Waals surface area contributed by atoms with Crippen LogP contribution < -0.4 is 5.32 Å². The second-order valence-corrected chi connectivity index (χ2v) is 4.94. The molecule has 0 aliphatic rings. The van der Waals surface area contributed by atoms with Gasteiger partial charge in [-0.1, -0.05) is 12.1 Å². The van der Waals surface area contributed by atoms with E-state index in [9.17, 15) is 27.2 Å². The van der Waals surface area contributed by atoms with Crippen molar-refractivity contribution in [1.29, 1.82) is 0 Å². The molecule has 0 aliphatic carbocycles. The van der Waals surface area contributed by atoms with Gasteiger partial charge in [0.1, 0.15) is 34.9 Å². The van der Waals surface area contributed by atoms with Crippen LogP contribution in [0.15, 0.2) is 36.4 Å². The summed E-state index contributed by atoms with van der Waals surface area (Å²) in [5.41, 5.74) is -0.689. The minimum atomic E-state index is -1.51. The van der Waals surface area contributed by atoms with Crippen molar-refractivity contribution < 1.29 is 32.3 Å². The van der Waals surface area contributed by atoms with Crippen LogP contribution in [0.25, 0.3) is 0 Å². The first kappa shape index (κ1) is 17.5. The highest BCUT2D eigenvalue weighted by molar-refractivity contribution is 5.97. The molecule has 1 atom stereocenters. The van der Waals surface area contributed by atoms with E-state index >= 15 is 0 Å². The SMILES string of the molecule is O=C(N[C@@H](Cc1ccc(F)cc1)C(=O)O)c1c(F)cc(F)cc1F.